The van der Waals surface area contributed by atoms with Gasteiger partial charge in [-0.1, -0.05) is 31.9 Å². The van der Waals surface area contributed by atoms with Gasteiger partial charge >= 0.3 is 0 Å². The Kier molecular flexibility index (Phi) is 5.63. The molecule has 0 saturated heterocycles. The molecule has 0 atom stereocenters. The summed E-state index contributed by atoms with van der Waals surface area (Å²) >= 11 is 0. The predicted octanol–water partition coefficient (Wildman–Crippen LogP) is 2.74. The summed E-state index contributed by atoms with van der Waals surface area (Å²) in [6.45, 7) is 5.87. The Hall–Kier alpha value is -1.29. The lowest BCUT2D eigenvalue weighted by molar-refractivity contribution is -0.115. The van der Waals surface area contributed by atoms with Crippen LogP contribution in [0, 0.1) is 18.3 Å². The first-order valence-electron chi connectivity index (χ1n) is 4.40. The number of carbonyl (C=O) groups is 1. The zero-order valence-electron chi connectivity index (χ0n) is 8.50. The van der Waals surface area contributed by atoms with Gasteiger partial charge in [0, 0.05) is 6.42 Å². The summed E-state index contributed by atoms with van der Waals surface area (Å²) in [6, 6.07) is 0. The fourth-order valence-corrected chi connectivity index (χ4v) is 0.818. The van der Waals surface area contributed by atoms with Crippen molar-refractivity contribution in [3.05, 3.63) is 23.8 Å². The lowest BCUT2D eigenvalue weighted by atomic mass is 10.1. The fourth-order valence-electron chi connectivity index (χ4n) is 0.818. The van der Waals surface area contributed by atoms with Gasteiger partial charge in [0.2, 0.25) is 0 Å². The molecular formula is C12H16O. The van der Waals surface area contributed by atoms with Crippen LogP contribution in [0.2, 0.25) is 0 Å². The van der Waals surface area contributed by atoms with E-state index in [0.29, 0.717) is 12.3 Å². The average Bonchev–Trinajstić information content (AvgIpc) is 2.02. The Labute approximate surface area is 80.5 Å². The smallest absolute Gasteiger partial charge is 0.155 e. The van der Waals surface area contributed by atoms with Gasteiger partial charge < -0.3 is 0 Å². The second-order valence-corrected chi connectivity index (χ2v) is 3.42. The van der Waals surface area contributed by atoms with Gasteiger partial charge in [0.15, 0.2) is 5.78 Å². The van der Waals surface area contributed by atoms with E-state index in [0.717, 1.165) is 5.57 Å². The maximum atomic E-state index is 11.2. The molecule has 0 N–H and O–H groups in total. The first-order valence-corrected chi connectivity index (χ1v) is 4.40. The van der Waals surface area contributed by atoms with Crippen molar-refractivity contribution in [2.45, 2.75) is 27.2 Å². The summed E-state index contributed by atoms with van der Waals surface area (Å²) in [5.41, 5.74) is 0.827. The van der Waals surface area contributed by atoms with Crippen molar-refractivity contribution in [2.75, 3.05) is 0 Å². The monoisotopic (exact) mass is 176 g/mol. The summed E-state index contributed by atoms with van der Waals surface area (Å²) in [6.07, 6.45) is 10.8. The number of hydrogen-bond donors (Lipinski definition) is 0. The first-order chi connectivity index (χ1) is 6.06. The average molecular weight is 176 g/mol. The third-order valence-corrected chi connectivity index (χ3v) is 1.47. The van der Waals surface area contributed by atoms with Gasteiger partial charge in [-0.15, -0.1) is 6.42 Å². The zero-order chi connectivity index (χ0) is 10.3. The SMILES string of the molecule is C#C/C(C)=C\C=C\C(=O)CC(C)C. The van der Waals surface area contributed by atoms with Crippen LogP contribution >= 0.6 is 0 Å². The van der Waals surface area contributed by atoms with E-state index in [1.54, 1.807) is 18.2 Å². The van der Waals surface area contributed by atoms with Crippen molar-refractivity contribution < 1.29 is 4.79 Å². The maximum Gasteiger partial charge on any atom is 0.155 e. The minimum Gasteiger partial charge on any atom is -0.295 e. The van der Waals surface area contributed by atoms with E-state index in [4.69, 9.17) is 6.42 Å². The highest BCUT2D eigenvalue weighted by molar-refractivity contribution is 5.89. The molecule has 0 spiro atoms. The van der Waals surface area contributed by atoms with Crippen molar-refractivity contribution in [2.24, 2.45) is 5.92 Å². The topological polar surface area (TPSA) is 17.1 Å². The Bertz CT molecular complexity index is 261. The second kappa shape index (κ2) is 6.25. The lowest BCUT2D eigenvalue weighted by Crippen LogP contribution is -1.97. The van der Waals surface area contributed by atoms with Crippen molar-refractivity contribution in [1.82, 2.24) is 0 Å². The minimum atomic E-state index is 0.149. The molecule has 0 radical (unpaired) electrons. The normalized spacial score (nSPS) is 12.1. The molecule has 0 aromatic rings. The van der Waals surface area contributed by atoms with E-state index in [1.165, 1.54) is 0 Å². The Balaban J connectivity index is 4.01. The number of ketones is 1. The molecule has 0 aromatic heterocycles. The van der Waals surface area contributed by atoms with E-state index in [1.807, 2.05) is 20.8 Å². The van der Waals surface area contributed by atoms with Gasteiger partial charge in [-0.25, -0.2) is 0 Å². The molecule has 0 saturated carbocycles. The Morgan fingerprint density at radius 2 is 2.15 bits per heavy atom. The zero-order valence-corrected chi connectivity index (χ0v) is 8.50. The van der Waals surface area contributed by atoms with Crippen LogP contribution in [0.3, 0.4) is 0 Å². The summed E-state index contributed by atoms with van der Waals surface area (Å²) in [4.78, 5) is 11.2. The third-order valence-electron chi connectivity index (χ3n) is 1.47. The van der Waals surface area contributed by atoms with E-state index in [9.17, 15) is 4.79 Å². The third kappa shape index (κ3) is 7.08. The van der Waals surface area contributed by atoms with Crippen LogP contribution in [0.4, 0.5) is 0 Å². The van der Waals surface area contributed by atoms with Crippen LogP contribution in [0.25, 0.3) is 0 Å². The van der Waals surface area contributed by atoms with Gasteiger partial charge in [-0.3, -0.25) is 4.79 Å². The molecule has 0 rings (SSSR count). The summed E-state index contributed by atoms with van der Waals surface area (Å²) < 4.78 is 0. The van der Waals surface area contributed by atoms with Crippen LogP contribution in [0.5, 0.6) is 0 Å². The van der Waals surface area contributed by atoms with Crippen molar-refractivity contribution >= 4 is 5.78 Å². The largest absolute Gasteiger partial charge is 0.295 e. The molecule has 13 heavy (non-hydrogen) atoms. The van der Waals surface area contributed by atoms with Crippen molar-refractivity contribution in [1.29, 1.82) is 0 Å². The molecule has 0 aliphatic heterocycles. The second-order valence-electron chi connectivity index (χ2n) is 3.42. The Morgan fingerprint density at radius 1 is 1.54 bits per heavy atom. The maximum absolute atomic E-state index is 11.2. The van der Waals surface area contributed by atoms with Gasteiger partial charge in [-0.05, 0) is 24.5 Å². The highest BCUT2D eigenvalue weighted by Gasteiger charge is 1.99. The summed E-state index contributed by atoms with van der Waals surface area (Å²) in [5, 5.41) is 0. The number of hydrogen-bond acceptors (Lipinski definition) is 1. The van der Waals surface area contributed by atoms with Gasteiger partial charge in [0.05, 0.1) is 0 Å². The summed E-state index contributed by atoms with van der Waals surface area (Å²) in [5.74, 6) is 3.04. The number of allylic oxidation sites excluding steroid dienone is 4. The van der Waals surface area contributed by atoms with Gasteiger partial charge in [-0.2, -0.15) is 0 Å². The quantitative estimate of drug-likeness (QED) is 0.365. The minimum absolute atomic E-state index is 0.149. The van der Waals surface area contributed by atoms with Crippen LogP contribution in [-0.2, 0) is 4.79 Å². The molecule has 70 valence electrons. The molecule has 1 heteroatoms. The van der Waals surface area contributed by atoms with Crippen LogP contribution in [-0.4, -0.2) is 5.78 Å². The lowest BCUT2D eigenvalue weighted by Gasteiger charge is -1.97. The molecule has 0 aliphatic carbocycles. The number of carbonyl (C=O) groups excluding carboxylic acids is 1. The number of rotatable bonds is 4. The standard InChI is InChI=1S/C12H16O/c1-5-11(4)7-6-8-12(13)9-10(2)3/h1,6-8,10H,9H2,2-4H3/b8-6+,11-7-. The van der Waals surface area contributed by atoms with E-state index < -0.39 is 0 Å². The molecule has 0 bridgehead atoms. The molecule has 0 unspecified atom stereocenters. The van der Waals surface area contributed by atoms with Crippen LogP contribution < -0.4 is 0 Å². The number of terminal acetylenes is 1. The highest BCUT2D eigenvalue weighted by atomic mass is 16.1. The molecule has 0 amide bonds. The van der Waals surface area contributed by atoms with Crippen LogP contribution in [0.15, 0.2) is 23.8 Å². The van der Waals surface area contributed by atoms with Crippen LogP contribution in [0.1, 0.15) is 27.2 Å². The molecule has 0 aliphatic rings. The van der Waals surface area contributed by atoms with Crippen molar-refractivity contribution in [3.63, 3.8) is 0 Å². The molecule has 1 nitrogen and oxygen atoms in total. The van der Waals surface area contributed by atoms with Gasteiger partial charge in [0.25, 0.3) is 0 Å². The summed E-state index contributed by atoms with van der Waals surface area (Å²) in [7, 11) is 0. The van der Waals surface area contributed by atoms with Gasteiger partial charge in [0.1, 0.15) is 0 Å². The molecular weight excluding hydrogens is 160 g/mol. The fraction of sp³-hybridized carbons (Fsp3) is 0.417. The Morgan fingerprint density at radius 3 is 2.62 bits per heavy atom. The predicted molar refractivity (Wildman–Crippen MR) is 56.2 cm³/mol. The highest BCUT2D eigenvalue weighted by Crippen LogP contribution is 2.01. The van der Waals surface area contributed by atoms with E-state index in [2.05, 4.69) is 5.92 Å². The molecule has 0 heterocycles. The molecule has 0 aromatic carbocycles. The van der Waals surface area contributed by atoms with E-state index in [-0.39, 0.29) is 5.78 Å². The van der Waals surface area contributed by atoms with E-state index >= 15 is 0 Å². The first kappa shape index (κ1) is 11.7. The van der Waals surface area contributed by atoms with Crippen molar-refractivity contribution in [3.8, 4) is 12.3 Å². The molecule has 0 fully saturated rings.